The Balaban J connectivity index is 1.92. The maximum atomic E-state index is 13.2. The number of methoxy groups -OCH3 is 1. The highest BCUT2D eigenvalue weighted by atomic mass is 19.1. The molecular weight excluding hydrogens is 261 g/mol. The summed E-state index contributed by atoms with van der Waals surface area (Å²) in [5.41, 5.74) is 0.951. The molecule has 1 aliphatic rings. The number of nitrogens with one attached hydrogen (secondary N) is 1. The van der Waals surface area contributed by atoms with E-state index in [0.29, 0.717) is 13.1 Å². The van der Waals surface area contributed by atoms with Crippen LogP contribution < -0.4 is 5.32 Å². The molecule has 1 heterocycles. The quantitative estimate of drug-likeness (QED) is 0.912. The number of amides is 1. The highest BCUT2D eigenvalue weighted by Gasteiger charge is 2.24. The fourth-order valence-electron chi connectivity index (χ4n) is 2.33. The molecule has 5 nitrogen and oxygen atoms in total. The van der Waals surface area contributed by atoms with E-state index in [1.807, 2.05) is 6.07 Å². The number of nitrogens with zero attached hydrogens (tertiary/aromatic N) is 2. The highest BCUT2D eigenvalue weighted by Crippen LogP contribution is 2.16. The Labute approximate surface area is 116 Å². The third kappa shape index (κ3) is 3.45. The number of likely N-dealkylation sites (tertiary alicyclic amines) is 1. The number of carbonyl (C=O) groups excluding carboxylic acids is 1. The first-order chi connectivity index (χ1) is 9.62. The first-order valence-electron chi connectivity index (χ1n) is 6.37. The van der Waals surface area contributed by atoms with E-state index in [2.05, 4.69) is 15.0 Å². The van der Waals surface area contributed by atoms with Crippen molar-refractivity contribution in [3.05, 3.63) is 35.1 Å². The number of carbonyl (C=O) groups is 1. The second-order valence-electron chi connectivity index (χ2n) is 4.78. The molecule has 0 radical (unpaired) electrons. The van der Waals surface area contributed by atoms with Gasteiger partial charge in [0, 0.05) is 25.7 Å². The van der Waals surface area contributed by atoms with Gasteiger partial charge in [-0.15, -0.1) is 0 Å². The standard InChI is InChI=1S/C14H16FN3O2/c1-20-14(19)17-12-4-5-18(9-12)8-10-2-3-13(15)11(6-10)7-16/h2-3,6,12H,4-5,8-9H2,1H3,(H,17,19). The molecule has 6 heteroatoms. The molecule has 0 bridgehead atoms. The van der Waals surface area contributed by atoms with Crippen LogP contribution in [0.4, 0.5) is 9.18 Å². The second kappa shape index (κ2) is 6.35. The van der Waals surface area contributed by atoms with Crippen LogP contribution in [0.3, 0.4) is 0 Å². The molecule has 0 spiro atoms. The lowest BCUT2D eigenvalue weighted by molar-refractivity contribution is 0.166. The number of halogens is 1. The van der Waals surface area contributed by atoms with Crippen molar-refractivity contribution in [2.75, 3.05) is 20.2 Å². The molecule has 1 N–H and O–H groups in total. The van der Waals surface area contributed by atoms with Crippen molar-refractivity contribution in [1.82, 2.24) is 10.2 Å². The van der Waals surface area contributed by atoms with Crippen molar-refractivity contribution < 1.29 is 13.9 Å². The van der Waals surface area contributed by atoms with Gasteiger partial charge in [0.25, 0.3) is 0 Å². The molecule has 106 valence electrons. The number of benzene rings is 1. The minimum Gasteiger partial charge on any atom is -0.453 e. The summed E-state index contributed by atoms with van der Waals surface area (Å²) in [4.78, 5) is 13.3. The maximum absolute atomic E-state index is 13.2. The Kier molecular flexibility index (Phi) is 4.53. The predicted octanol–water partition coefficient (Wildman–Crippen LogP) is 1.63. The van der Waals surface area contributed by atoms with E-state index in [9.17, 15) is 9.18 Å². The third-order valence-corrected chi connectivity index (χ3v) is 3.34. The lowest BCUT2D eigenvalue weighted by Gasteiger charge is -2.16. The van der Waals surface area contributed by atoms with E-state index < -0.39 is 11.9 Å². The zero-order chi connectivity index (χ0) is 14.5. The van der Waals surface area contributed by atoms with Gasteiger partial charge in [-0.05, 0) is 24.1 Å². The normalized spacial score (nSPS) is 18.6. The summed E-state index contributed by atoms with van der Waals surface area (Å²) in [5, 5.41) is 11.6. The Morgan fingerprint density at radius 3 is 3.15 bits per heavy atom. The van der Waals surface area contributed by atoms with Crippen molar-refractivity contribution in [2.24, 2.45) is 0 Å². The van der Waals surface area contributed by atoms with Gasteiger partial charge in [0.15, 0.2) is 0 Å². The van der Waals surface area contributed by atoms with Crippen LogP contribution in [0.1, 0.15) is 17.5 Å². The molecule has 0 aromatic heterocycles. The third-order valence-electron chi connectivity index (χ3n) is 3.34. The van der Waals surface area contributed by atoms with Crippen molar-refractivity contribution in [3.63, 3.8) is 0 Å². The Morgan fingerprint density at radius 1 is 1.65 bits per heavy atom. The molecule has 1 saturated heterocycles. The average molecular weight is 277 g/mol. The Hall–Kier alpha value is -2.13. The SMILES string of the molecule is COC(=O)NC1CCN(Cc2ccc(F)c(C#N)c2)C1. The summed E-state index contributed by atoms with van der Waals surface area (Å²) in [6.07, 6.45) is 0.423. The van der Waals surface area contributed by atoms with Crippen LogP contribution in [0, 0.1) is 17.1 Å². The lowest BCUT2D eigenvalue weighted by atomic mass is 10.1. The van der Waals surface area contributed by atoms with Gasteiger partial charge in [-0.25, -0.2) is 9.18 Å². The number of nitriles is 1. The summed E-state index contributed by atoms with van der Waals surface area (Å²) in [6.45, 7) is 2.19. The molecular formula is C14H16FN3O2. The van der Waals surface area contributed by atoms with Crippen LogP contribution in [0.2, 0.25) is 0 Å². The van der Waals surface area contributed by atoms with Crippen molar-refractivity contribution in [2.45, 2.75) is 19.0 Å². The molecule has 1 aliphatic heterocycles. The second-order valence-corrected chi connectivity index (χ2v) is 4.78. The fraction of sp³-hybridized carbons (Fsp3) is 0.429. The predicted molar refractivity (Wildman–Crippen MR) is 70.3 cm³/mol. The molecule has 1 unspecified atom stereocenters. The van der Waals surface area contributed by atoms with Crippen molar-refractivity contribution in [3.8, 4) is 6.07 Å². The minimum absolute atomic E-state index is 0.0610. The largest absolute Gasteiger partial charge is 0.453 e. The molecule has 20 heavy (non-hydrogen) atoms. The van der Waals surface area contributed by atoms with E-state index in [-0.39, 0.29) is 11.6 Å². The molecule has 1 aromatic carbocycles. The maximum Gasteiger partial charge on any atom is 0.407 e. The van der Waals surface area contributed by atoms with Gasteiger partial charge in [-0.3, -0.25) is 4.90 Å². The van der Waals surface area contributed by atoms with Gasteiger partial charge in [0.05, 0.1) is 12.7 Å². The van der Waals surface area contributed by atoms with Crippen LogP contribution in [0.15, 0.2) is 18.2 Å². The summed E-state index contributed by atoms with van der Waals surface area (Å²) < 4.78 is 17.8. The van der Waals surface area contributed by atoms with Gasteiger partial charge < -0.3 is 10.1 Å². The topological polar surface area (TPSA) is 65.4 Å². The van der Waals surface area contributed by atoms with Crippen molar-refractivity contribution >= 4 is 6.09 Å². The van der Waals surface area contributed by atoms with E-state index in [1.54, 1.807) is 12.1 Å². The van der Waals surface area contributed by atoms with Crippen LogP contribution >= 0.6 is 0 Å². The van der Waals surface area contributed by atoms with E-state index >= 15 is 0 Å². The summed E-state index contributed by atoms with van der Waals surface area (Å²) in [5.74, 6) is -0.497. The first-order valence-corrected chi connectivity index (χ1v) is 6.37. The molecule has 1 aromatic rings. The van der Waals surface area contributed by atoms with E-state index in [1.165, 1.54) is 13.2 Å². The van der Waals surface area contributed by atoms with Crippen LogP contribution in [-0.2, 0) is 11.3 Å². The van der Waals surface area contributed by atoms with Gasteiger partial charge in [-0.1, -0.05) is 6.07 Å². The molecule has 2 rings (SSSR count). The molecule has 1 fully saturated rings. The minimum atomic E-state index is -0.497. The molecule has 0 saturated carbocycles. The Bertz CT molecular complexity index is 542. The van der Waals surface area contributed by atoms with Gasteiger partial charge in [0.1, 0.15) is 11.9 Å². The van der Waals surface area contributed by atoms with Crippen LogP contribution in [0.5, 0.6) is 0 Å². The molecule has 1 atom stereocenters. The first kappa shape index (κ1) is 14.3. The van der Waals surface area contributed by atoms with Crippen LogP contribution in [-0.4, -0.2) is 37.2 Å². The number of hydrogen-bond acceptors (Lipinski definition) is 4. The summed E-state index contributed by atoms with van der Waals surface area (Å²) >= 11 is 0. The van der Waals surface area contributed by atoms with E-state index in [0.717, 1.165) is 18.5 Å². The molecule has 0 aliphatic carbocycles. The highest BCUT2D eigenvalue weighted by molar-refractivity contribution is 5.67. The number of ether oxygens (including phenoxy) is 1. The fourth-order valence-corrected chi connectivity index (χ4v) is 2.33. The van der Waals surface area contributed by atoms with Crippen molar-refractivity contribution in [1.29, 1.82) is 5.26 Å². The molecule has 1 amide bonds. The zero-order valence-corrected chi connectivity index (χ0v) is 11.2. The van der Waals surface area contributed by atoms with Gasteiger partial charge in [-0.2, -0.15) is 5.26 Å². The smallest absolute Gasteiger partial charge is 0.407 e. The summed E-state index contributed by atoms with van der Waals surface area (Å²) in [7, 11) is 1.34. The average Bonchev–Trinajstić information content (AvgIpc) is 2.88. The van der Waals surface area contributed by atoms with Gasteiger partial charge in [0.2, 0.25) is 0 Å². The zero-order valence-electron chi connectivity index (χ0n) is 11.2. The monoisotopic (exact) mass is 277 g/mol. The van der Waals surface area contributed by atoms with E-state index in [4.69, 9.17) is 5.26 Å². The number of alkyl carbamates (subject to hydrolysis) is 1. The van der Waals surface area contributed by atoms with Gasteiger partial charge >= 0.3 is 6.09 Å². The van der Waals surface area contributed by atoms with Crippen LogP contribution in [0.25, 0.3) is 0 Å². The lowest BCUT2D eigenvalue weighted by Crippen LogP contribution is -2.36. The summed E-state index contributed by atoms with van der Waals surface area (Å²) in [6, 6.07) is 6.46. The Morgan fingerprint density at radius 2 is 2.45 bits per heavy atom. The number of rotatable bonds is 3. The number of hydrogen-bond donors (Lipinski definition) is 1.